The lowest BCUT2D eigenvalue weighted by molar-refractivity contribution is 0.666. The molecule has 0 N–H and O–H groups in total. The fourth-order valence-electron chi connectivity index (χ4n) is 7.96. The molecule has 5 heteroatoms. The second-order valence-electron chi connectivity index (χ2n) is 14.0. The minimum Gasteiger partial charge on any atom is -0.454 e. The van der Waals surface area contributed by atoms with Gasteiger partial charge in [0.15, 0.2) is 23.1 Å². The first-order chi connectivity index (χ1) is 27.7. The molecule has 0 saturated heterocycles. The van der Waals surface area contributed by atoms with Crippen LogP contribution in [-0.4, -0.2) is 19.5 Å². The van der Waals surface area contributed by atoms with Crippen molar-refractivity contribution in [2.24, 2.45) is 0 Å². The van der Waals surface area contributed by atoms with E-state index < -0.39 is 0 Å². The van der Waals surface area contributed by atoms with E-state index in [0.29, 0.717) is 17.5 Å². The van der Waals surface area contributed by atoms with Crippen molar-refractivity contribution in [1.29, 1.82) is 0 Å². The molecule has 0 spiro atoms. The lowest BCUT2D eigenvalue weighted by Crippen LogP contribution is -2.00. The Morgan fingerprint density at radius 1 is 0.321 bits per heavy atom. The Kier molecular flexibility index (Phi) is 7.42. The summed E-state index contributed by atoms with van der Waals surface area (Å²) in [5, 5.41) is 4.42. The number of aromatic nitrogens is 4. The zero-order valence-electron chi connectivity index (χ0n) is 30.2. The molecule has 3 aromatic heterocycles. The molecular weight excluding hydrogens is 685 g/mol. The molecule has 5 nitrogen and oxygen atoms in total. The van der Waals surface area contributed by atoms with Gasteiger partial charge in [0.25, 0.3) is 0 Å². The average Bonchev–Trinajstić information content (AvgIpc) is 3.82. The minimum absolute atomic E-state index is 0.599. The van der Waals surface area contributed by atoms with Crippen LogP contribution in [0.5, 0.6) is 0 Å². The van der Waals surface area contributed by atoms with Crippen LogP contribution in [0.3, 0.4) is 0 Å². The Bertz CT molecular complexity index is 3240. The molecule has 0 atom stereocenters. The van der Waals surface area contributed by atoms with E-state index in [0.717, 1.165) is 66.5 Å². The molecule has 0 radical (unpaired) electrons. The van der Waals surface area contributed by atoms with Crippen LogP contribution in [0.1, 0.15) is 0 Å². The molecule has 0 fully saturated rings. The average molecular weight is 717 g/mol. The summed E-state index contributed by atoms with van der Waals surface area (Å²) >= 11 is 0. The van der Waals surface area contributed by atoms with Crippen molar-refractivity contribution >= 4 is 43.7 Å². The Morgan fingerprint density at radius 3 is 1.57 bits per heavy atom. The Morgan fingerprint density at radius 2 is 0.839 bits per heavy atom. The normalized spacial score (nSPS) is 11.6. The Hall–Kier alpha value is -7.63. The zero-order chi connectivity index (χ0) is 37.0. The summed E-state index contributed by atoms with van der Waals surface area (Å²) in [6, 6.07) is 67.4. The van der Waals surface area contributed by atoms with Crippen LogP contribution in [0, 0.1) is 0 Å². The first kappa shape index (κ1) is 31.9. The zero-order valence-corrected chi connectivity index (χ0v) is 30.2. The van der Waals surface area contributed by atoms with Gasteiger partial charge in [-0.1, -0.05) is 152 Å². The van der Waals surface area contributed by atoms with Crippen molar-refractivity contribution in [3.8, 4) is 62.1 Å². The first-order valence-electron chi connectivity index (χ1n) is 18.8. The molecule has 11 aromatic rings. The summed E-state index contributed by atoms with van der Waals surface area (Å²) in [6.45, 7) is 0. The number of hydrogen-bond donors (Lipinski definition) is 0. The van der Waals surface area contributed by atoms with Crippen LogP contribution < -0.4 is 0 Å². The first-order valence-corrected chi connectivity index (χ1v) is 18.8. The minimum atomic E-state index is 0.599. The molecule has 0 amide bonds. The third-order valence-corrected chi connectivity index (χ3v) is 10.7. The van der Waals surface area contributed by atoms with Gasteiger partial charge in [-0.05, 0) is 64.7 Å². The second kappa shape index (κ2) is 13.0. The van der Waals surface area contributed by atoms with Crippen molar-refractivity contribution in [1.82, 2.24) is 19.5 Å². The van der Waals surface area contributed by atoms with Crippen LogP contribution in [0.25, 0.3) is 106 Å². The third kappa shape index (κ3) is 5.37. The molecule has 262 valence electrons. The van der Waals surface area contributed by atoms with Gasteiger partial charge in [0.1, 0.15) is 5.58 Å². The van der Waals surface area contributed by atoms with Crippen molar-refractivity contribution in [3.63, 3.8) is 0 Å². The van der Waals surface area contributed by atoms with Crippen molar-refractivity contribution in [3.05, 3.63) is 194 Å². The summed E-state index contributed by atoms with van der Waals surface area (Å²) in [5.74, 6) is 1.84. The number of para-hydroxylation sites is 2. The van der Waals surface area contributed by atoms with E-state index in [-0.39, 0.29) is 0 Å². The van der Waals surface area contributed by atoms with Crippen LogP contribution >= 0.6 is 0 Å². The van der Waals surface area contributed by atoms with Gasteiger partial charge in [-0.3, -0.25) is 0 Å². The standard InChI is InChI=1S/C51H32N4O/c1-4-14-33(15-5-1)36-20-12-21-38(30-36)50-52-49(35-18-8-3-9-19-35)53-51(54-50)39-27-29-47-43(31-39)42-23-13-25-45(48(42)56-47)55-44-24-11-10-22-40(44)41-28-26-37(32-46(41)55)34-16-6-2-7-17-34/h1-32H. The van der Waals surface area contributed by atoms with Gasteiger partial charge in [0, 0.05) is 38.2 Å². The van der Waals surface area contributed by atoms with Gasteiger partial charge in [-0.25, -0.2) is 15.0 Å². The van der Waals surface area contributed by atoms with Gasteiger partial charge in [0.05, 0.1) is 16.7 Å². The fraction of sp³-hybridized carbons (Fsp3) is 0. The quantitative estimate of drug-likeness (QED) is 0.172. The summed E-state index contributed by atoms with van der Waals surface area (Å²) in [6.07, 6.45) is 0. The van der Waals surface area contributed by atoms with E-state index >= 15 is 0 Å². The molecule has 11 rings (SSSR count). The molecule has 56 heavy (non-hydrogen) atoms. The number of furan rings is 1. The highest BCUT2D eigenvalue weighted by molar-refractivity contribution is 6.13. The number of rotatable bonds is 6. The van der Waals surface area contributed by atoms with Crippen molar-refractivity contribution in [2.75, 3.05) is 0 Å². The highest BCUT2D eigenvalue weighted by Gasteiger charge is 2.20. The number of benzene rings is 8. The van der Waals surface area contributed by atoms with Crippen molar-refractivity contribution in [2.45, 2.75) is 0 Å². The molecule has 0 saturated carbocycles. The second-order valence-corrected chi connectivity index (χ2v) is 14.0. The SMILES string of the molecule is c1ccc(-c2cccc(-c3nc(-c4ccccc4)nc(-c4ccc5oc6c(-n7c8ccccc8c8ccc(-c9ccccc9)cc87)cccc6c5c4)n3)c2)cc1. The Balaban J connectivity index is 1.08. The number of nitrogens with zero attached hydrogens (tertiary/aromatic N) is 4. The smallest absolute Gasteiger partial charge is 0.164 e. The van der Waals surface area contributed by atoms with Crippen LogP contribution in [-0.2, 0) is 0 Å². The van der Waals surface area contributed by atoms with E-state index in [1.807, 2.05) is 48.5 Å². The van der Waals surface area contributed by atoms with Gasteiger partial charge in [-0.15, -0.1) is 0 Å². The fourth-order valence-corrected chi connectivity index (χ4v) is 7.96. The topological polar surface area (TPSA) is 56.7 Å². The van der Waals surface area contributed by atoms with Gasteiger partial charge < -0.3 is 8.98 Å². The predicted molar refractivity (Wildman–Crippen MR) is 229 cm³/mol. The molecule has 0 bridgehead atoms. The van der Waals surface area contributed by atoms with E-state index in [1.165, 1.54) is 21.9 Å². The molecule has 0 aliphatic rings. The molecule has 8 aromatic carbocycles. The molecule has 0 unspecified atom stereocenters. The van der Waals surface area contributed by atoms with Crippen molar-refractivity contribution < 1.29 is 4.42 Å². The van der Waals surface area contributed by atoms with Crippen LogP contribution in [0.2, 0.25) is 0 Å². The van der Waals surface area contributed by atoms with Gasteiger partial charge in [0.2, 0.25) is 0 Å². The number of hydrogen-bond acceptors (Lipinski definition) is 4. The summed E-state index contributed by atoms with van der Waals surface area (Å²) in [5.41, 5.74) is 12.2. The maximum atomic E-state index is 6.78. The van der Waals surface area contributed by atoms with Gasteiger partial charge >= 0.3 is 0 Å². The maximum Gasteiger partial charge on any atom is 0.164 e. The lowest BCUT2D eigenvalue weighted by Gasteiger charge is -2.10. The molecular formula is C51H32N4O. The predicted octanol–water partition coefficient (Wildman–Crippen LogP) is 13.2. The van der Waals surface area contributed by atoms with Crippen LogP contribution in [0.15, 0.2) is 199 Å². The van der Waals surface area contributed by atoms with E-state index in [4.69, 9.17) is 19.4 Å². The molecule has 0 aliphatic carbocycles. The molecule has 3 heterocycles. The molecule has 0 aliphatic heterocycles. The summed E-state index contributed by atoms with van der Waals surface area (Å²) in [7, 11) is 0. The van der Waals surface area contributed by atoms with Gasteiger partial charge in [-0.2, -0.15) is 0 Å². The lowest BCUT2D eigenvalue weighted by atomic mass is 10.0. The highest BCUT2D eigenvalue weighted by atomic mass is 16.3. The monoisotopic (exact) mass is 716 g/mol. The highest BCUT2D eigenvalue weighted by Crippen LogP contribution is 2.40. The third-order valence-electron chi connectivity index (χ3n) is 10.7. The van der Waals surface area contributed by atoms with Crippen LogP contribution in [0.4, 0.5) is 0 Å². The Labute approximate surface area is 322 Å². The largest absolute Gasteiger partial charge is 0.454 e. The van der Waals surface area contributed by atoms with E-state index in [9.17, 15) is 0 Å². The van der Waals surface area contributed by atoms with E-state index in [1.54, 1.807) is 0 Å². The van der Waals surface area contributed by atoms with E-state index in [2.05, 4.69) is 150 Å². The maximum absolute atomic E-state index is 6.78. The summed E-state index contributed by atoms with van der Waals surface area (Å²) < 4.78 is 9.12. The summed E-state index contributed by atoms with van der Waals surface area (Å²) in [4.78, 5) is 15.2. The number of fused-ring (bicyclic) bond motifs is 6.